The molecular weight excluding hydrogens is 446 g/mol. The standard InChI is InChI=1S/C28H29NO4S/c1-16-9-10-17(2)20(14-16)29-24(22-8-7-13-34-22)23(26(31)27(29)32)25(30)18-11-12-21(33-6)19(15-18)28(3,4)5/h7-15,24,30H,1-6H3/b25-23-. The Balaban J connectivity index is 1.96. The number of carbonyl (C=O) groups is 2. The molecule has 34 heavy (non-hydrogen) atoms. The van der Waals surface area contributed by atoms with Crippen molar-refractivity contribution in [1.29, 1.82) is 0 Å². The van der Waals surface area contributed by atoms with E-state index in [1.165, 1.54) is 16.2 Å². The number of rotatable bonds is 4. The van der Waals surface area contributed by atoms with Crippen LogP contribution in [0.4, 0.5) is 5.69 Å². The molecule has 1 aliphatic heterocycles. The van der Waals surface area contributed by atoms with Crippen molar-refractivity contribution in [2.24, 2.45) is 0 Å². The van der Waals surface area contributed by atoms with E-state index in [1.54, 1.807) is 19.2 Å². The average molecular weight is 476 g/mol. The molecule has 0 bridgehead atoms. The second-order valence-corrected chi connectivity index (χ2v) is 10.6. The van der Waals surface area contributed by atoms with Gasteiger partial charge in [-0.05, 0) is 66.1 Å². The lowest BCUT2D eigenvalue weighted by Gasteiger charge is -2.26. The summed E-state index contributed by atoms with van der Waals surface area (Å²) in [6, 6.07) is 14.2. The number of Topliss-reactive ketones (excluding diaryl/α,β-unsaturated/α-hetero) is 1. The number of aliphatic hydroxyl groups is 1. The highest BCUT2D eigenvalue weighted by Gasteiger charge is 2.47. The van der Waals surface area contributed by atoms with Crippen LogP contribution >= 0.6 is 11.3 Å². The van der Waals surface area contributed by atoms with E-state index in [9.17, 15) is 14.7 Å². The first kappa shape index (κ1) is 23.8. The highest BCUT2D eigenvalue weighted by molar-refractivity contribution is 7.10. The molecule has 6 heteroatoms. The molecule has 1 N–H and O–H groups in total. The first-order chi connectivity index (χ1) is 16.0. The normalized spacial score (nSPS) is 17.9. The molecule has 0 aliphatic carbocycles. The van der Waals surface area contributed by atoms with Gasteiger partial charge in [-0.3, -0.25) is 14.5 Å². The van der Waals surface area contributed by atoms with Crippen LogP contribution in [0.1, 0.15) is 53.9 Å². The Morgan fingerprint density at radius 2 is 1.79 bits per heavy atom. The number of benzene rings is 2. The molecule has 1 atom stereocenters. The molecule has 5 nitrogen and oxygen atoms in total. The number of hydrogen-bond donors (Lipinski definition) is 1. The maximum atomic E-state index is 13.4. The molecule has 1 saturated heterocycles. The Kier molecular flexibility index (Phi) is 6.13. The molecule has 4 rings (SSSR count). The largest absolute Gasteiger partial charge is 0.507 e. The Labute approximate surface area is 204 Å². The van der Waals surface area contributed by atoms with Crippen LogP contribution in [0, 0.1) is 13.8 Å². The van der Waals surface area contributed by atoms with Crippen LogP contribution in [0.2, 0.25) is 0 Å². The fourth-order valence-electron chi connectivity index (χ4n) is 4.37. The fraction of sp³-hybridized carbons (Fsp3) is 0.286. The smallest absolute Gasteiger partial charge is 0.300 e. The summed E-state index contributed by atoms with van der Waals surface area (Å²) in [6.07, 6.45) is 0. The van der Waals surface area contributed by atoms with E-state index >= 15 is 0 Å². The van der Waals surface area contributed by atoms with E-state index in [4.69, 9.17) is 4.74 Å². The molecule has 1 amide bonds. The Bertz CT molecular complexity index is 1300. The topological polar surface area (TPSA) is 66.8 Å². The SMILES string of the molecule is COc1ccc(/C(O)=C2/C(=O)C(=O)N(c3cc(C)ccc3C)C2c2cccs2)cc1C(C)(C)C. The van der Waals surface area contributed by atoms with E-state index in [0.717, 1.165) is 21.6 Å². The summed E-state index contributed by atoms with van der Waals surface area (Å²) in [5.41, 5.74) is 3.76. The van der Waals surface area contributed by atoms with Crippen molar-refractivity contribution in [1.82, 2.24) is 0 Å². The van der Waals surface area contributed by atoms with Crippen molar-refractivity contribution in [3.8, 4) is 5.75 Å². The Hall–Kier alpha value is -3.38. The van der Waals surface area contributed by atoms with Gasteiger partial charge in [0.2, 0.25) is 0 Å². The average Bonchev–Trinajstić information content (AvgIpc) is 3.41. The molecule has 2 aromatic carbocycles. The molecule has 0 saturated carbocycles. The highest BCUT2D eigenvalue weighted by Crippen LogP contribution is 2.45. The zero-order valence-electron chi connectivity index (χ0n) is 20.3. The van der Waals surface area contributed by atoms with E-state index in [2.05, 4.69) is 20.8 Å². The van der Waals surface area contributed by atoms with Crippen LogP contribution in [-0.2, 0) is 15.0 Å². The zero-order valence-corrected chi connectivity index (χ0v) is 21.1. The van der Waals surface area contributed by atoms with Crippen LogP contribution in [0.25, 0.3) is 5.76 Å². The molecule has 3 aromatic rings. The van der Waals surface area contributed by atoms with Crippen molar-refractivity contribution in [2.75, 3.05) is 12.0 Å². The number of nitrogens with zero attached hydrogens (tertiary/aromatic N) is 1. The highest BCUT2D eigenvalue weighted by atomic mass is 32.1. The summed E-state index contributed by atoms with van der Waals surface area (Å²) in [6.45, 7) is 10.0. The van der Waals surface area contributed by atoms with E-state index < -0.39 is 17.7 Å². The van der Waals surface area contributed by atoms with Gasteiger partial charge < -0.3 is 9.84 Å². The molecule has 1 unspecified atom stereocenters. The second kappa shape index (κ2) is 8.76. The maximum absolute atomic E-state index is 13.4. The number of ketones is 1. The van der Waals surface area contributed by atoms with Crippen molar-refractivity contribution < 1.29 is 19.4 Å². The zero-order chi connectivity index (χ0) is 24.8. The summed E-state index contributed by atoms with van der Waals surface area (Å²) in [5.74, 6) is -0.810. The third-order valence-corrected chi connectivity index (χ3v) is 7.09. The van der Waals surface area contributed by atoms with Gasteiger partial charge in [0.1, 0.15) is 17.6 Å². The van der Waals surface area contributed by atoms with Gasteiger partial charge in [0.05, 0.1) is 12.7 Å². The number of hydrogen-bond acceptors (Lipinski definition) is 5. The van der Waals surface area contributed by atoms with Crippen molar-refractivity contribution in [3.05, 3.63) is 86.6 Å². The lowest BCUT2D eigenvalue weighted by molar-refractivity contribution is -0.132. The molecule has 176 valence electrons. The summed E-state index contributed by atoms with van der Waals surface area (Å²) >= 11 is 1.45. The first-order valence-corrected chi connectivity index (χ1v) is 12.0. The van der Waals surface area contributed by atoms with E-state index in [0.29, 0.717) is 17.0 Å². The minimum Gasteiger partial charge on any atom is -0.507 e. The van der Waals surface area contributed by atoms with Gasteiger partial charge in [0.15, 0.2) is 0 Å². The first-order valence-electron chi connectivity index (χ1n) is 11.1. The molecular formula is C28H29NO4S. The number of ether oxygens (including phenoxy) is 1. The molecule has 1 aliphatic rings. The third kappa shape index (κ3) is 4.03. The number of aryl methyl sites for hydroxylation is 2. The molecule has 1 fully saturated rings. The quantitative estimate of drug-likeness (QED) is 0.273. The summed E-state index contributed by atoms with van der Waals surface area (Å²) in [4.78, 5) is 29.1. The Morgan fingerprint density at radius 1 is 1.06 bits per heavy atom. The lowest BCUT2D eigenvalue weighted by atomic mass is 9.84. The molecule has 2 heterocycles. The predicted molar refractivity (Wildman–Crippen MR) is 137 cm³/mol. The van der Waals surface area contributed by atoms with Gasteiger partial charge in [0.25, 0.3) is 11.7 Å². The van der Waals surface area contributed by atoms with Crippen molar-refractivity contribution in [2.45, 2.75) is 46.1 Å². The molecule has 0 radical (unpaired) electrons. The summed E-state index contributed by atoms with van der Waals surface area (Å²) < 4.78 is 5.52. The van der Waals surface area contributed by atoms with Crippen molar-refractivity contribution in [3.63, 3.8) is 0 Å². The number of anilines is 1. The number of aliphatic hydroxyl groups excluding tert-OH is 1. The van der Waals surface area contributed by atoms with Crippen molar-refractivity contribution >= 4 is 34.5 Å². The number of carbonyl (C=O) groups excluding carboxylic acids is 2. The van der Waals surface area contributed by atoms with Gasteiger partial charge in [0, 0.05) is 21.7 Å². The van der Waals surface area contributed by atoms with Crippen LogP contribution in [0.5, 0.6) is 5.75 Å². The van der Waals surface area contributed by atoms with Crippen LogP contribution in [-0.4, -0.2) is 23.9 Å². The van der Waals surface area contributed by atoms with Gasteiger partial charge in [-0.15, -0.1) is 11.3 Å². The molecule has 0 spiro atoms. The number of thiophene rings is 1. The Morgan fingerprint density at radius 3 is 2.41 bits per heavy atom. The second-order valence-electron chi connectivity index (χ2n) is 9.64. The lowest BCUT2D eigenvalue weighted by Crippen LogP contribution is -2.29. The minimum absolute atomic E-state index is 0.0957. The van der Waals surface area contributed by atoms with E-state index in [-0.39, 0.29) is 16.7 Å². The van der Waals surface area contributed by atoms with Gasteiger partial charge in [-0.1, -0.05) is 39.0 Å². The summed E-state index contributed by atoms with van der Waals surface area (Å²) in [5, 5.41) is 13.4. The number of methoxy groups -OCH3 is 1. The fourth-order valence-corrected chi connectivity index (χ4v) is 5.20. The van der Waals surface area contributed by atoms with Crippen LogP contribution in [0.15, 0.2) is 59.5 Å². The monoisotopic (exact) mass is 475 g/mol. The van der Waals surface area contributed by atoms with Gasteiger partial charge in [-0.2, -0.15) is 0 Å². The van der Waals surface area contributed by atoms with Gasteiger partial charge >= 0.3 is 0 Å². The summed E-state index contributed by atoms with van der Waals surface area (Å²) in [7, 11) is 1.61. The van der Waals surface area contributed by atoms with Crippen LogP contribution in [0.3, 0.4) is 0 Å². The maximum Gasteiger partial charge on any atom is 0.300 e. The molecule has 1 aromatic heterocycles. The van der Waals surface area contributed by atoms with Crippen LogP contribution < -0.4 is 9.64 Å². The third-order valence-electron chi connectivity index (χ3n) is 6.16. The number of amides is 1. The predicted octanol–water partition coefficient (Wildman–Crippen LogP) is 6.30. The van der Waals surface area contributed by atoms with Gasteiger partial charge in [-0.25, -0.2) is 0 Å². The van der Waals surface area contributed by atoms with E-state index in [1.807, 2.05) is 55.6 Å². The minimum atomic E-state index is -0.708.